The maximum absolute atomic E-state index is 12.7. The molecule has 0 saturated heterocycles. The molecule has 1 amide bonds. The fraction of sp³-hybridized carbons (Fsp3) is 0.133. The van der Waals surface area contributed by atoms with Crippen molar-refractivity contribution in [1.29, 1.82) is 0 Å². The van der Waals surface area contributed by atoms with Crippen molar-refractivity contribution >= 4 is 21.4 Å². The first kappa shape index (κ1) is 17.0. The van der Waals surface area contributed by atoms with Gasteiger partial charge >= 0.3 is 6.18 Å². The van der Waals surface area contributed by atoms with Crippen LogP contribution in [0.2, 0.25) is 0 Å². The zero-order valence-corrected chi connectivity index (χ0v) is 12.7. The summed E-state index contributed by atoms with van der Waals surface area (Å²) < 4.78 is 61.3. The van der Waals surface area contributed by atoms with Crippen LogP contribution in [0.3, 0.4) is 0 Å². The summed E-state index contributed by atoms with van der Waals surface area (Å²) >= 11 is 0. The summed E-state index contributed by atoms with van der Waals surface area (Å²) in [6.07, 6.45) is -3.59. The molecular formula is C15H12F3NO3S. The summed E-state index contributed by atoms with van der Waals surface area (Å²) in [6, 6.07) is 9.57. The minimum absolute atomic E-state index is 0.0758. The molecule has 0 saturated carbocycles. The Bertz CT molecular complexity index is 845. The Balaban J connectivity index is 2.35. The number of halogens is 3. The van der Waals surface area contributed by atoms with Crippen LogP contribution in [-0.4, -0.2) is 20.6 Å². The number of amides is 1. The van der Waals surface area contributed by atoms with E-state index in [9.17, 15) is 26.4 Å². The van der Waals surface area contributed by atoms with Crippen molar-refractivity contribution in [2.24, 2.45) is 0 Å². The van der Waals surface area contributed by atoms with Crippen LogP contribution in [0, 0.1) is 0 Å². The highest BCUT2D eigenvalue weighted by Crippen LogP contribution is 2.30. The topological polar surface area (TPSA) is 63.2 Å². The van der Waals surface area contributed by atoms with Crippen LogP contribution in [0.5, 0.6) is 0 Å². The lowest BCUT2D eigenvalue weighted by Gasteiger charge is -2.11. The average Bonchev–Trinajstić information content (AvgIpc) is 2.46. The van der Waals surface area contributed by atoms with Crippen molar-refractivity contribution in [3.8, 4) is 0 Å². The van der Waals surface area contributed by atoms with Crippen LogP contribution >= 0.6 is 0 Å². The highest BCUT2D eigenvalue weighted by Gasteiger charge is 2.30. The lowest BCUT2D eigenvalue weighted by molar-refractivity contribution is -0.137. The zero-order valence-electron chi connectivity index (χ0n) is 11.9. The standard InChI is InChI=1S/C15H12F3NO3S/c1-23(21,22)13-8-3-2-7-12(13)14(20)19-11-6-4-5-10(9-11)15(16,17)18/h2-9H,1H3,(H,19,20). The van der Waals surface area contributed by atoms with E-state index in [0.717, 1.165) is 24.5 Å². The molecule has 8 heteroatoms. The van der Waals surface area contributed by atoms with Gasteiger partial charge in [-0.2, -0.15) is 13.2 Å². The van der Waals surface area contributed by atoms with E-state index in [1.54, 1.807) is 0 Å². The second kappa shape index (κ2) is 6.04. The normalized spacial score (nSPS) is 12.0. The van der Waals surface area contributed by atoms with E-state index in [2.05, 4.69) is 5.32 Å². The first-order chi connectivity index (χ1) is 10.6. The van der Waals surface area contributed by atoms with Gasteiger partial charge in [0.25, 0.3) is 5.91 Å². The van der Waals surface area contributed by atoms with Crippen molar-refractivity contribution in [2.75, 3.05) is 11.6 Å². The number of carbonyl (C=O) groups excluding carboxylic acids is 1. The lowest BCUT2D eigenvalue weighted by Crippen LogP contribution is -2.16. The molecular weight excluding hydrogens is 331 g/mol. The highest BCUT2D eigenvalue weighted by molar-refractivity contribution is 7.90. The molecule has 0 radical (unpaired) electrons. The van der Waals surface area contributed by atoms with Crippen LogP contribution < -0.4 is 5.32 Å². The van der Waals surface area contributed by atoms with Gasteiger partial charge in [-0.05, 0) is 30.3 Å². The summed E-state index contributed by atoms with van der Waals surface area (Å²) in [5.41, 5.74) is -1.12. The SMILES string of the molecule is CS(=O)(=O)c1ccccc1C(=O)Nc1cccc(C(F)(F)F)c1. The third-order valence-corrected chi connectivity index (χ3v) is 4.13. The molecule has 4 nitrogen and oxygen atoms in total. The Hall–Kier alpha value is -2.35. The first-order valence-electron chi connectivity index (χ1n) is 6.37. The van der Waals surface area contributed by atoms with Crippen molar-refractivity contribution in [3.05, 3.63) is 59.7 Å². The number of alkyl halides is 3. The van der Waals surface area contributed by atoms with E-state index in [0.29, 0.717) is 0 Å². The fourth-order valence-electron chi connectivity index (χ4n) is 1.95. The third-order valence-electron chi connectivity index (χ3n) is 2.98. The Labute approximate surface area is 130 Å². The van der Waals surface area contributed by atoms with Gasteiger partial charge in [-0.3, -0.25) is 4.79 Å². The smallest absolute Gasteiger partial charge is 0.322 e. The van der Waals surface area contributed by atoms with E-state index in [1.807, 2.05) is 0 Å². The molecule has 0 aliphatic heterocycles. The van der Waals surface area contributed by atoms with Crippen molar-refractivity contribution in [2.45, 2.75) is 11.1 Å². The van der Waals surface area contributed by atoms with Crippen LogP contribution in [0.25, 0.3) is 0 Å². The molecule has 2 aromatic carbocycles. The van der Waals surface area contributed by atoms with Gasteiger partial charge in [-0.15, -0.1) is 0 Å². The van der Waals surface area contributed by atoms with E-state index in [1.165, 1.54) is 30.3 Å². The van der Waals surface area contributed by atoms with Gasteiger partial charge in [0, 0.05) is 11.9 Å². The fourth-order valence-corrected chi connectivity index (χ4v) is 2.84. The molecule has 122 valence electrons. The monoisotopic (exact) mass is 343 g/mol. The van der Waals surface area contributed by atoms with Gasteiger partial charge in [0.1, 0.15) is 0 Å². The lowest BCUT2D eigenvalue weighted by atomic mass is 10.1. The molecule has 0 heterocycles. The Morgan fingerprint density at radius 1 is 1.04 bits per heavy atom. The van der Waals surface area contributed by atoms with Gasteiger partial charge in [-0.1, -0.05) is 18.2 Å². The van der Waals surface area contributed by atoms with E-state index >= 15 is 0 Å². The second-order valence-corrected chi connectivity index (χ2v) is 6.79. The van der Waals surface area contributed by atoms with Crippen LogP contribution in [0.15, 0.2) is 53.4 Å². The number of hydrogen-bond donors (Lipinski definition) is 1. The summed E-state index contributed by atoms with van der Waals surface area (Å²) in [7, 11) is -3.64. The third kappa shape index (κ3) is 4.10. The Morgan fingerprint density at radius 2 is 1.70 bits per heavy atom. The van der Waals surface area contributed by atoms with Crippen LogP contribution in [-0.2, 0) is 16.0 Å². The number of hydrogen-bond acceptors (Lipinski definition) is 3. The Morgan fingerprint density at radius 3 is 2.30 bits per heavy atom. The molecule has 0 aliphatic rings. The number of rotatable bonds is 3. The summed E-state index contributed by atoms with van der Waals surface area (Å²) in [5.74, 6) is -0.801. The number of sulfone groups is 1. The predicted octanol–water partition coefficient (Wildman–Crippen LogP) is 3.36. The Kier molecular flexibility index (Phi) is 4.46. The van der Waals surface area contributed by atoms with Crippen molar-refractivity contribution in [1.82, 2.24) is 0 Å². The molecule has 0 spiro atoms. The van der Waals surface area contributed by atoms with Gasteiger partial charge in [0.15, 0.2) is 9.84 Å². The molecule has 1 N–H and O–H groups in total. The van der Waals surface area contributed by atoms with E-state index in [4.69, 9.17) is 0 Å². The first-order valence-corrected chi connectivity index (χ1v) is 8.26. The largest absolute Gasteiger partial charge is 0.416 e. The predicted molar refractivity (Wildman–Crippen MR) is 78.9 cm³/mol. The van der Waals surface area contributed by atoms with Gasteiger partial charge in [0.05, 0.1) is 16.0 Å². The molecule has 2 rings (SSSR count). The molecule has 2 aromatic rings. The number of nitrogens with one attached hydrogen (secondary N) is 1. The quantitative estimate of drug-likeness (QED) is 0.929. The maximum atomic E-state index is 12.7. The highest BCUT2D eigenvalue weighted by atomic mass is 32.2. The van der Waals surface area contributed by atoms with Gasteiger partial charge in [0.2, 0.25) is 0 Å². The second-order valence-electron chi connectivity index (χ2n) is 4.80. The minimum Gasteiger partial charge on any atom is -0.322 e. The van der Waals surface area contributed by atoms with Crippen molar-refractivity contribution in [3.63, 3.8) is 0 Å². The van der Waals surface area contributed by atoms with E-state index in [-0.39, 0.29) is 16.1 Å². The number of anilines is 1. The molecule has 0 atom stereocenters. The summed E-state index contributed by atoms with van der Waals surface area (Å²) in [4.78, 5) is 12.0. The van der Waals surface area contributed by atoms with E-state index < -0.39 is 27.5 Å². The van der Waals surface area contributed by atoms with Crippen LogP contribution in [0.4, 0.5) is 18.9 Å². The zero-order chi connectivity index (χ0) is 17.3. The number of benzene rings is 2. The number of carbonyl (C=O) groups is 1. The maximum Gasteiger partial charge on any atom is 0.416 e. The van der Waals surface area contributed by atoms with Gasteiger partial charge in [-0.25, -0.2) is 8.42 Å². The van der Waals surface area contributed by atoms with Gasteiger partial charge < -0.3 is 5.32 Å². The molecule has 0 aliphatic carbocycles. The average molecular weight is 343 g/mol. The summed E-state index contributed by atoms with van der Waals surface area (Å²) in [6.45, 7) is 0. The van der Waals surface area contributed by atoms with Crippen LogP contribution in [0.1, 0.15) is 15.9 Å². The summed E-state index contributed by atoms with van der Waals surface area (Å²) in [5, 5.41) is 2.28. The molecule has 0 fully saturated rings. The minimum atomic E-state index is -4.54. The van der Waals surface area contributed by atoms with Crippen molar-refractivity contribution < 1.29 is 26.4 Å². The molecule has 23 heavy (non-hydrogen) atoms. The molecule has 0 bridgehead atoms. The molecule has 0 unspecified atom stereocenters. The molecule has 0 aromatic heterocycles.